The van der Waals surface area contributed by atoms with Crippen LogP contribution >= 0.6 is 0 Å². The molecule has 2 aromatic carbocycles. The van der Waals surface area contributed by atoms with Crippen LogP contribution in [0.3, 0.4) is 0 Å². The summed E-state index contributed by atoms with van der Waals surface area (Å²) in [4.78, 5) is 71.8. The monoisotopic (exact) mass is 967 g/mol. The van der Waals surface area contributed by atoms with Crippen LogP contribution in [0.2, 0.25) is 0 Å². The number of nitrogens with one attached hydrogen (secondary N) is 1. The number of nitrogens with zero attached hydrogens (tertiary/aromatic N) is 5. The molecule has 7 aliphatic rings. The molecule has 6 aliphatic heterocycles. The minimum atomic E-state index is -1.89. The average molecular weight is 967 g/mol. The van der Waals surface area contributed by atoms with Crippen molar-refractivity contribution in [2.45, 2.75) is 155 Å². The van der Waals surface area contributed by atoms with E-state index in [4.69, 9.17) is 19.2 Å². The van der Waals surface area contributed by atoms with Gasteiger partial charge in [-0.15, -0.1) is 0 Å². The normalized spacial score (nSPS) is 28.9. The van der Waals surface area contributed by atoms with Gasteiger partial charge in [-0.3, -0.25) is 29.1 Å². The van der Waals surface area contributed by atoms with Crippen LogP contribution in [0.25, 0.3) is 10.8 Å². The zero-order valence-electron chi connectivity index (χ0n) is 42.2. The minimum absolute atomic E-state index is 0.00540. The highest BCUT2D eigenvalue weighted by Gasteiger charge is 2.50. The topological polar surface area (TPSA) is 203 Å². The Hall–Kier alpha value is -5.32. The van der Waals surface area contributed by atoms with E-state index in [0.29, 0.717) is 62.8 Å². The Bertz CT molecular complexity index is 2570. The highest BCUT2D eigenvalue weighted by atomic mass is 16.7. The number of piperidine rings is 1. The first-order valence-electron chi connectivity index (χ1n) is 25.8. The average Bonchev–Trinajstić information content (AvgIpc) is 3.83. The third kappa shape index (κ3) is 10.8. The Morgan fingerprint density at radius 2 is 1.66 bits per heavy atom. The number of likely N-dealkylation sites (tertiary alicyclic amines) is 1. The Balaban J connectivity index is 1.08. The minimum Gasteiger partial charge on any atom is -0.507 e. The van der Waals surface area contributed by atoms with Crippen LogP contribution in [-0.2, 0) is 23.9 Å². The van der Waals surface area contributed by atoms with Crippen LogP contribution < -0.4 is 20.8 Å². The van der Waals surface area contributed by atoms with Crippen molar-refractivity contribution >= 4 is 40.0 Å². The number of aromatic hydroxyl groups is 2. The fourth-order valence-electron chi connectivity index (χ4n) is 11.2. The van der Waals surface area contributed by atoms with Crippen molar-refractivity contribution < 1.29 is 48.7 Å². The lowest BCUT2D eigenvalue weighted by molar-refractivity contribution is -0.157. The summed E-state index contributed by atoms with van der Waals surface area (Å²) in [6, 6.07) is 0.569. The number of esters is 1. The standard InChI is InChI=1S/C54H74N6O10/c1-32(2)31-58-22-20-54(21-23-58)56-45-42-43-48(64)36(6)50-44(42)51(66)53(7,70-50)68-28-12-15-34(4)39(69-41(63)30-40(62)60-26-24-59(25-27-60)37-16-9-8-10-17-37)29-38(61)19-18-33(3)13-11-14-35(5)52(67)55-47(49(43)65)46(45)57-54/h11-14,28,32-34,37-39,56,61,64-65H,8-10,15-27,29-31H2,1-7H3/b13-11+,28-12+,35-14-,55-47?/t33?,34-,38?,39+,53?/m1/s1. The van der Waals surface area contributed by atoms with E-state index in [-0.39, 0.29) is 73.8 Å². The maximum absolute atomic E-state index is 14.8. The lowest BCUT2D eigenvalue weighted by atomic mass is 9.92. The molecule has 5 bridgehead atoms. The number of carbonyl (C=O) groups excluding carboxylic acids is 4. The smallest absolute Gasteiger partial charge is 0.315 e. The summed E-state index contributed by atoms with van der Waals surface area (Å²) < 4.78 is 18.5. The van der Waals surface area contributed by atoms with E-state index >= 15 is 0 Å². The number of carbonyl (C=O) groups is 4. The maximum atomic E-state index is 14.8. The number of rotatable bonds is 6. The quantitative estimate of drug-likeness (QED) is 0.139. The first-order valence-corrected chi connectivity index (χ1v) is 25.8. The van der Waals surface area contributed by atoms with Gasteiger partial charge in [0.05, 0.1) is 29.0 Å². The molecule has 16 nitrogen and oxygen atoms in total. The van der Waals surface area contributed by atoms with Gasteiger partial charge in [-0.2, -0.15) is 0 Å². The Labute approximate surface area is 411 Å². The zero-order valence-corrected chi connectivity index (χ0v) is 42.2. The number of phenols is 2. The van der Waals surface area contributed by atoms with Gasteiger partial charge in [0.2, 0.25) is 5.91 Å². The lowest BCUT2D eigenvalue weighted by Crippen LogP contribution is -2.52. The van der Waals surface area contributed by atoms with Crippen molar-refractivity contribution in [3.63, 3.8) is 0 Å². The highest BCUT2D eigenvalue weighted by molar-refractivity contribution is 6.21. The van der Waals surface area contributed by atoms with E-state index < -0.39 is 53.5 Å². The number of aliphatic hydroxyl groups is 1. The molecule has 2 aromatic rings. The Kier molecular flexibility index (Phi) is 15.4. The van der Waals surface area contributed by atoms with Crippen molar-refractivity contribution in [2.75, 3.05) is 51.1 Å². The predicted molar refractivity (Wildman–Crippen MR) is 265 cm³/mol. The van der Waals surface area contributed by atoms with E-state index in [2.05, 4.69) is 34.0 Å². The fourth-order valence-corrected chi connectivity index (χ4v) is 11.2. The number of amides is 2. The number of ether oxygens (including phenoxy) is 3. The van der Waals surface area contributed by atoms with Gasteiger partial charge >= 0.3 is 11.8 Å². The van der Waals surface area contributed by atoms with E-state index in [1.807, 2.05) is 19.9 Å². The molecular weight excluding hydrogens is 893 g/mol. The summed E-state index contributed by atoms with van der Waals surface area (Å²) in [7, 11) is 0. The lowest BCUT2D eigenvalue weighted by Gasteiger charge is -2.40. The summed E-state index contributed by atoms with van der Waals surface area (Å²) >= 11 is 0. The van der Waals surface area contributed by atoms with E-state index in [0.717, 1.165) is 32.7 Å². The molecule has 1 saturated carbocycles. The number of benzene rings is 2. The molecule has 6 heterocycles. The van der Waals surface area contributed by atoms with Crippen molar-refractivity contribution in [1.29, 1.82) is 0 Å². The van der Waals surface area contributed by atoms with Gasteiger partial charge in [0, 0.05) is 94.6 Å². The SMILES string of the molecule is C/C1=C/C=C/C(C)CCC(O)C[C@H](OC(=O)CC(=O)N2CCN(C3CCCCC3)CC2)[C@H](C)C/C=C/OC2(C)Oc3c(C)c(O)c4c(O)c(c5c(c4c3C2=O)NC2(CCN(CC(C)C)CC2)N=5)=NC1=O. The molecule has 5 atom stereocenters. The second-order valence-electron chi connectivity index (χ2n) is 21.4. The molecule has 2 amide bonds. The van der Waals surface area contributed by atoms with Gasteiger partial charge in [0.1, 0.15) is 40.4 Å². The molecule has 4 N–H and O–H groups in total. The number of aliphatic hydroxyl groups excluding tert-OH is 1. The summed E-state index contributed by atoms with van der Waals surface area (Å²) in [5, 5.41) is 39.2. The molecule has 9 rings (SSSR count). The number of phenolic OH excluding ortho intramolecular Hbond substituents is 2. The summed E-state index contributed by atoms with van der Waals surface area (Å²) in [5.74, 6) is -4.59. The number of Topliss-reactive ketones (excluding diaryl/α,β-unsaturated/α-hetero) is 1. The van der Waals surface area contributed by atoms with Gasteiger partial charge in [-0.25, -0.2) is 4.99 Å². The summed E-state index contributed by atoms with van der Waals surface area (Å²) in [5.41, 5.74) is 0.0874. The van der Waals surface area contributed by atoms with Crippen LogP contribution in [0.4, 0.5) is 5.69 Å². The molecule has 1 aliphatic carbocycles. The molecule has 16 heteroatoms. The number of piperazine rings is 1. The second-order valence-corrected chi connectivity index (χ2v) is 21.4. The number of ketones is 1. The zero-order chi connectivity index (χ0) is 50.1. The third-order valence-corrected chi connectivity index (χ3v) is 15.4. The van der Waals surface area contributed by atoms with Gasteiger partial charge in [0.15, 0.2) is 5.75 Å². The number of fused-ring (bicyclic) bond motifs is 13. The van der Waals surface area contributed by atoms with Crippen LogP contribution in [0, 0.1) is 24.7 Å². The molecule has 0 radical (unpaired) electrons. The first-order chi connectivity index (χ1) is 33.4. The van der Waals surface area contributed by atoms with Crippen LogP contribution in [0.15, 0.2) is 46.1 Å². The number of allylic oxidation sites excluding steroid dienone is 4. The molecule has 1 spiro atoms. The van der Waals surface area contributed by atoms with Crippen molar-refractivity contribution in [3.05, 3.63) is 58.0 Å². The predicted octanol–water partition coefficient (Wildman–Crippen LogP) is 6.51. The van der Waals surface area contributed by atoms with E-state index in [9.17, 15) is 34.5 Å². The molecule has 380 valence electrons. The Morgan fingerprint density at radius 3 is 2.36 bits per heavy atom. The molecular formula is C54H74N6O10. The number of anilines is 1. The molecule has 2 saturated heterocycles. The highest BCUT2D eigenvalue weighted by Crippen LogP contribution is 2.51. The third-order valence-electron chi connectivity index (χ3n) is 15.4. The van der Waals surface area contributed by atoms with E-state index in [1.165, 1.54) is 45.3 Å². The van der Waals surface area contributed by atoms with Gasteiger partial charge in [-0.05, 0) is 69.8 Å². The van der Waals surface area contributed by atoms with Gasteiger partial charge < -0.3 is 44.6 Å². The fraction of sp³-hybridized carbons (Fsp3) is 0.630. The van der Waals surface area contributed by atoms with Crippen molar-refractivity contribution in [3.8, 4) is 17.2 Å². The van der Waals surface area contributed by atoms with Crippen LogP contribution in [0.5, 0.6) is 17.2 Å². The van der Waals surface area contributed by atoms with Crippen LogP contribution in [0.1, 0.15) is 135 Å². The van der Waals surface area contributed by atoms with Gasteiger partial charge in [0.25, 0.3) is 11.7 Å². The second kappa shape index (κ2) is 21.2. The number of hydrogen-bond donors (Lipinski definition) is 4. The van der Waals surface area contributed by atoms with Crippen molar-refractivity contribution in [1.82, 2.24) is 14.7 Å². The summed E-state index contributed by atoms with van der Waals surface area (Å²) in [6.07, 6.45) is 15.3. The van der Waals surface area contributed by atoms with Crippen LogP contribution in [-0.4, -0.2) is 129 Å². The molecule has 70 heavy (non-hydrogen) atoms. The van der Waals surface area contributed by atoms with Crippen molar-refractivity contribution in [2.24, 2.45) is 27.7 Å². The number of hydrogen-bond acceptors (Lipinski definition) is 14. The largest absolute Gasteiger partial charge is 0.507 e. The molecule has 3 fully saturated rings. The molecule has 0 aromatic heterocycles. The first kappa shape index (κ1) is 51.0. The van der Waals surface area contributed by atoms with Gasteiger partial charge in [-0.1, -0.05) is 65.2 Å². The Morgan fingerprint density at radius 1 is 0.943 bits per heavy atom. The maximum Gasteiger partial charge on any atom is 0.315 e. The molecule has 3 unspecified atom stereocenters. The van der Waals surface area contributed by atoms with E-state index in [1.54, 1.807) is 37.0 Å². The summed E-state index contributed by atoms with van der Waals surface area (Å²) in [6.45, 7) is 18.1.